The van der Waals surface area contributed by atoms with Crippen LogP contribution in [0.1, 0.15) is 53.9 Å². The number of carbonyl (C=O) groups excluding carboxylic acids is 2. The van der Waals surface area contributed by atoms with Gasteiger partial charge in [0.1, 0.15) is 5.60 Å². The van der Waals surface area contributed by atoms with Crippen LogP contribution in [0.3, 0.4) is 0 Å². The van der Waals surface area contributed by atoms with Crippen molar-refractivity contribution in [2.75, 3.05) is 7.11 Å². The molecule has 0 radical (unpaired) electrons. The maximum absolute atomic E-state index is 13.7. The highest BCUT2D eigenvalue weighted by Gasteiger charge is 2.81. The van der Waals surface area contributed by atoms with Crippen LogP contribution in [0.5, 0.6) is 0 Å². The molecule has 1 heterocycles. The van der Waals surface area contributed by atoms with Gasteiger partial charge in [-0.15, -0.1) is 6.58 Å². The molecule has 0 aromatic rings. The number of aliphatic hydroxyl groups is 3. The lowest BCUT2D eigenvalue weighted by Crippen LogP contribution is -2.86. The Balaban J connectivity index is 2.28. The maximum atomic E-state index is 13.7. The molecular formula is C22H35NO8. The van der Waals surface area contributed by atoms with Crippen LogP contribution in [0.2, 0.25) is 0 Å². The summed E-state index contributed by atoms with van der Waals surface area (Å²) in [7, 11) is 1.23. The minimum absolute atomic E-state index is 0.175. The molecule has 0 aromatic carbocycles. The third-order valence-electron chi connectivity index (χ3n) is 8.15. The smallest absolute Gasteiger partial charge is 0.431 e. The van der Waals surface area contributed by atoms with Gasteiger partial charge in [-0.05, 0) is 32.1 Å². The van der Waals surface area contributed by atoms with Gasteiger partial charge in [-0.25, -0.2) is 4.79 Å². The number of hydroxylamine groups is 1. The molecule has 3 aliphatic rings. The van der Waals surface area contributed by atoms with E-state index in [0.29, 0.717) is 12.8 Å². The van der Waals surface area contributed by atoms with Gasteiger partial charge in [0.25, 0.3) is 0 Å². The van der Waals surface area contributed by atoms with Crippen molar-refractivity contribution in [2.24, 2.45) is 16.7 Å². The third kappa shape index (κ3) is 3.01. The van der Waals surface area contributed by atoms with E-state index in [0.717, 1.165) is 0 Å². The number of fused-ring (bicyclic) bond motifs is 3. The lowest BCUT2D eigenvalue weighted by molar-refractivity contribution is -0.369. The normalized spacial score (nSPS) is 48.9. The SMILES string of the molecule is C=C[C@@]1(C)CC(=O)[C@]2(O)[C@@]3(C)[C@@H](O)CCC(C)(C)[C@@H]3[C@H](O)[C@H](OC(=O)NOC)[C@@]2(C)O1. The fraction of sp³-hybridized carbons (Fsp3) is 0.818. The van der Waals surface area contributed by atoms with E-state index in [1.54, 1.807) is 13.8 Å². The zero-order valence-electron chi connectivity index (χ0n) is 19.1. The summed E-state index contributed by atoms with van der Waals surface area (Å²) >= 11 is 0. The fourth-order valence-electron chi connectivity index (χ4n) is 6.70. The van der Waals surface area contributed by atoms with E-state index in [1.165, 1.54) is 20.1 Å². The van der Waals surface area contributed by atoms with E-state index in [9.17, 15) is 24.9 Å². The van der Waals surface area contributed by atoms with Gasteiger partial charge in [0.05, 0.1) is 24.9 Å². The van der Waals surface area contributed by atoms with Crippen LogP contribution in [0, 0.1) is 16.7 Å². The van der Waals surface area contributed by atoms with Crippen molar-refractivity contribution in [3.63, 3.8) is 0 Å². The summed E-state index contributed by atoms with van der Waals surface area (Å²) in [5.41, 5.74) is -5.31. The van der Waals surface area contributed by atoms with Crippen molar-refractivity contribution >= 4 is 11.9 Å². The van der Waals surface area contributed by atoms with Crippen LogP contribution in [-0.4, -0.2) is 69.4 Å². The molecule has 1 amide bonds. The Bertz CT molecular complexity index is 785. The van der Waals surface area contributed by atoms with Gasteiger partial charge in [-0.2, -0.15) is 5.48 Å². The molecule has 0 unspecified atom stereocenters. The monoisotopic (exact) mass is 441 g/mol. The number of nitrogens with one attached hydrogen (secondary N) is 1. The van der Waals surface area contributed by atoms with Gasteiger partial charge in [0.15, 0.2) is 17.5 Å². The molecule has 0 bridgehead atoms. The predicted octanol–water partition coefficient (Wildman–Crippen LogP) is 1.24. The van der Waals surface area contributed by atoms with E-state index in [-0.39, 0.29) is 6.42 Å². The number of carbonyl (C=O) groups is 2. The first kappa shape index (κ1) is 24.1. The molecule has 2 aliphatic carbocycles. The molecule has 0 aromatic heterocycles. The molecule has 0 spiro atoms. The average molecular weight is 442 g/mol. The molecule has 1 saturated heterocycles. The minimum atomic E-state index is -2.25. The topological polar surface area (TPSA) is 135 Å². The highest BCUT2D eigenvalue weighted by atomic mass is 16.7. The number of ether oxygens (including phenoxy) is 2. The molecule has 3 rings (SSSR count). The number of ketones is 1. The lowest BCUT2D eigenvalue weighted by atomic mass is 9.40. The van der Waals surface area contributed by atoms with E-state index in [4.69, 9.17) is 9.47 Å². The molecule has 31 heavy (non-hydrogen) atoms. The summed E-state index contributed by atoms with van der Waals surface area (Å²) in [5, 5.41) is 34.9. The maximum Gasteiger partial charge on any atom is 0.431 e. The van der Waals surface area contributed by atoms with Crippen LogP contribution in [0.25, 0.3) is 0 Å². The van der Waals surface area contributed by atoms with Gasteiger partial charge in [-0.3, -0.25) is 9.63 Å². The van der Waals surface area contributed by atoms with Gasteiger partial charge in [0, 0.05) is 17.8 Å². The number of hydrogen-bond donors (Lipinski definition) is 4. The van der Waals surface area contributed by atoms with Gasteiger partial charge >= 0.3 is 6.09 Å². The first-order valence-electron chi connectivity index (χ1n) is 10.6. The van der Waals surface area contributed by atoms with Gasteiger partial charge in [0.2, 0.25) is 0 Å². The number of aliphatic hydroxyl groups excluding tert-OH is 2. The molecule has 4 N–H and O–H groups in total. The van der Waals surface area contributed by atoms with Crippen molar-refractivity contribution in [1.29, 1.82) is 0 Å². The summed E-state index contributed by atoms with van der Waals surface area (Å²) in [6.07, 6.45) is -2.70. The predicted molar refractivity (Wildman–Crippen MR) is 110 cm³/mol. The zero-order chi connectivity index (χ0) is 23.6. The first-order valence-corrected chi connectivity index (χ1v) is 10.6. The van der Waals surface area contributed by atoms with Crippen LogP contribution in [0.4, 0.5) is 4.79 Å². The molecule has 9 nitrogen and oxygen atoms in total. The molecule has 176 valence electrons. The Kier molecular flexibility index (Phi) is 5.64. The van der Waals surface area contributed by atoms with Crippen molar-refractivity contribution < 1.29 is 39.2 Å². The summed E-state index contributed by atoms with van der Waals surface area (Å²) in [4.78, 5) is 30.6. The van der Waals surface area contributed by atoms with Gasteiger partial charge < -0.3 is 24.8 Å². The molecule has 9 heteroatoms. The molecule has 8 atom stereocenters. The Labute approximate surface area is 182 Å². The highest BCUT2D eigenvalue weighted by Crippen LogP contribution is 2.66. The largest absolute Gasteiger partial charge is 0.439 e. The van der Waals surface area contributed by atoms with Crippen molar-refractivity contribution in [1.82, 2.24) is 5.48 Å². The van der Waals surface area contributed by atoms with Crippen molar-refractivity contribution in [2.45, 2.75) is 89.0 Å². The second-order valence-corrected chi connectivity index (χ2v) is 10.5. The molecule has 2 saturated carbocycles. The Morgan fingerprint density at radius 3 is 2.42 bits per heavy atom. The van der Waals surface area contributed by atoms with Crippen LogP contribution in [0.15, 0.2) is 12.7 Å². The summed E-state index contributed by atoms with van der Waals surface area (Å²) in [6.45, 7) is 12.3. The summed E-state index contributed by atoms with van der Waals surface area (Å²) in [6, 6.07) is 0. The number of amides is 1. The Morgan fingerprint density at radius 2 is 1.87 bits per heavy atom. The third-order valence-corrected chi connectivity index (χ3v) is 8.15. The van der Waals surface area contributed by atoms with E-state index in [1.807, 2.05) is 19.3 Å². The Hall–Kier alpha value is -1.52. The second-order valence-electron chi connectivity index (χ2n) is 10.5. The van der Waals surface area contributed by atoms with Crippen molar-refractivity contribution in [3.8, 4) is 0 Å². The first-order chi connectivity index (χ1) is 14.1. The lowest BCUT2D eigenvalue weighted by Gasteiger charge is -2.71. The second kappa shape index (κ2) is 7.25. The van der Waals surface area contributed by atoms with E-state index in [2.05, 4.69) is 11.4 Å². The van der Waals surface area contributed by atoms with Crippen LogP contribution >= 0.6 is 0 Å². The van der Waals surface area contributed by atoms with E-state index < -0.39 is 63.7 Å². The summed E-state index contributed by atoms with van der Waals surface area (Å²) in [5.74, 6) is -1.33. The molecule has 1 aliphatic heterocycles. The van der Waals surface area contributed by atoms with Crippen molar-refractivity contribution in [3.05, 3.63) is 12.7 Å². The standard InChI is InChI=1S/C22H35NO8/c1-8-19(4)11-13(25)22(28)20(5)12(24)9-10-18(2,3)15(20)14(26)16(21(22,6)31-19)30-17(27)23-29-7/h8,12,14-16,24,26,28H,1,9-11H2,2-7H3,(H,23,27)/t12-,14-,15-,16-,19-,20-,21+,22-/m0/s1. The summed E-state index contributed by atoms with van der Waals surface area (Å²) < 4.78 is 11.8. The molecule has 3 fully saturated rings. The van der Waals surface area contributed by atoms with Gasteiger partial charge in [-0.1, -0.05) is 26.8 Å². The number of hydrogen-bond acceptors (Lipinski definition) is 8. The quantitative estimate of drug-likeness (QED) is 0.380. The average Bonchev–Trinajstić information content (AvgIpc) is 2.66. The zero-order valence-corrected chi connectivity index (χ0v) is 19.1. The highest BCUT2D eigenvalue weighted by molar-refractivity contribution is 5.92. The fourth-order valence-corrected chi connectivity index (χ4v) is 6.70. The number of rotatable bonds is 3. The molecular weight excluding hydrogens is 406 g/mol. The van der Waals surface area contributed by atoms with E-state index >= 15 is 0 Å². The minimum Gasteiger partial charge on any atom is -0.439 e. The Morgan fingerprint density at radius 1 is 1.26 bits per heavy atom. The number of Topliss-reactive ketones (excluding diaryl/α,β-unsaturated/α-hetero) is 1. The van der Waals surface area contributed by atoms with Crippen LogP contribution in [-0.2, 0) is 19.1 Å². The van der Waals surface area contributed by atoms with Crippen LogP contribution < -0.4 is 5.48 Å².